The van der Waals surface area contributed by atoms with E-state index in [0.29, 0.717) is 11.3 Å². The summed E-state index contributed by atoms with van der Waals surface area (Å²) in [7, 11) is 0. The standard InChI is InChI=1S/C24H14ClF3N6O6S/c25-13-8-11(34(37)38)3-4-16(13)40-10-33-6-5-14(32-33)22(36)31-19-18-12(15-2-1-7-39-15)9-17(24(26,27)28)30-23(18)41-20(19)21(29)35/h1-9H,10H2,(H2,29,35)(H,31,36). The normalized spacial score (nSPS) is 11.5. The number of nitro groups is 1. The topological polar surface area (TPSA) is 168 Å². The van der Waals surface area contributed by atoms with Gasteiger partial charge in [-0.15, -0.1) is 11.3 Å². The van der Waals surface area contributed by atoms with E-state index >= 15 is 0 Å². The van der Waals surface area contributed by atoms with Crippen molar-refractivity contribution in [1.29, 1.82) is 0 Å². The van der Waals surface area contributed by atoms with Crippen molar-refractivity contribution >= 4 is 56.3 Å². The molecule has 2 amide bonds. The zero-order valence-electron chi connectivity index (χ0n) is 20.1. The molecule has 5 aromatic rings. The van der Waals surface area contributed by atoms with Crippen LogP contribution >= 0.6 is 22.9 Å². The molecule has 3 N–H and O–H groups in total. The van der Waals surface area contributed by atoms with Crippen LogP contribution in [-0.4, -0.2) is 31.5 Å². The second kappa shape index (κ2) is 10.5. The van der Waals surface area contributed by atoms with Crippen LogP contribution in [-0.2, 0) is 12.9 Å². The number of thiophene rings is 1. The second-order valence-electron chi connectivity index (χ2n) is 8.22. The molecule has 17 heteroatoms. The fourth-order valence-corrected chi connectivity index (χ4v) is 4.99. The van der Waals surface area contributed by atoms with Crippen LogP contribution in [0.25, 0.3) is 21.5 Å². The molecule has 0 saturated heterocycles. The molecule has 0 radical (unpaired) electrons. The number of nitrogens with one attached hydrogen (secondary N) is 1. The second-order valence-corrected chi connectivity index (χ2v) is 9.63. The number of nitrogens with zero attached hydrogens (tertiary/aromatic N) is 4. The van der Waals surface area contributed by atoms with Gasteiger partial charge in [-0.2, -0.15) is 18.3 Å². The minimum Gasteiger partial charge on any atom is -0.470 e. The van der Waals surface area contributed by atoms with E-state index in [1.165, 1.54) is 47.5 Å². The average molecular weight is 607 g/mol. The smallest absolute Gasteiger partial charge is 0.433 e. The molecular weight excluding hydrogens is 593 g/mol. The first-order valence-electron chi connectivity index (χ1n) is 11.2. The molecule has 0 fully saturated rings. The van der Waals surface area contributed by atoms with Crippen molar-refractivity contribution in [3.8, 4) is 17.1 Å². The van der Waals surface area contributed by atoms with Gasteiger partial charge in [-0.25, -0.2) is 9.67 Å². The zero-order chi connectivity index (χ0) is 29.5. The summed E-state index contributed by atoms with van der Waals surface area (Å²) >= 11 is 6.60. The highest BCUT2D eigenvalue weighted by Gasteiger charge is 2.35. The lowest BCUT2D eigenvalue weighted by Crippen LogP contribution is -2.18. The van der Waals surface area contributed by atoms with E-state index in [2.05, 4.69) is 15.4 Å². The Morgan fingerprint density at radius 2 is 2.02 bits per heavy atom. The number of carbonyl (C=O) groups is 2. The highest BCUT2D eigenvalue weighted by Crippen LogP contribution is 2.43. The molecule has 0 saturated carbocycles. The number of pyridine rings is 1. The minimum absolute atomic E-state index is 0.0118. The van der Waals surface area contributed by atoms with Crippen molar-refractivity contribution in [3.63, 3.8) is 0 Å². The van der Waals surface area contributed by atoms with Crippen molar-refractivity contribution in [1.82, 2.24) is 14.8 Å². The van der Waals surface area contributed by atoms with Gasteiger partial charge in [-0.3, -0.25) is 19.7 Å². The van der Waals surface area contributed by atoms with Crippen molar-refractivity contribution in [2.24, 2.45) is 5.73 Å². The van der Waals surface area contributed by atoms with Crippen LogP contribution in [0.2, 0.25) is 5.02 Å². The summed E-state index contributed by atoms with van der Waals surface area (Å²) in [5.41, 5.74) is 3.68. The van der Waals surface area contributed by atoms with E-state index in [1.807, 2.05) is 0 Å². The number of alkyl halides is 3. The van der Waals surface area contributed by atoms with Crippen LogP contribution in [0.4, 0.5) is 24.5 Å². The summed E-state index contributed by atoms with van der Waals surface area (Å²) in [6, 6.07) is 8.58. The van der Waals surface area contributed by atoms with Gasteiger partial charge in [0.05, 0.1) is 21.9 Å². The van der Waals surface area contributed by atoms with Crippen LogP contribution in [0.15, 0.2) is 59.3 Å². The molecule has 0 aliphatic heterocycles. The van der Waals surface area contributed by atoms with Crippen LogP contribution in [0, 0.1) is 10.1 Å². The van der Waals surface area contributed by atoms with E-state index in [4.69, 9.17) is 26.5 Å². The predicted molar refractivity (Wildman–Crippen MR) is 140 cm³/mol. The van der Waals surface area contributed by atoms with Crippen molar-refractivity contribution < 1.29 is 36.8 Å². The maximum Gasteiger partial charge on any atom is 0.433 e. The number of benzene rings is 1. The lowest BCUT2D eigenvalue weighted by Gasteiger charge is -2.10. The summed E-state index contributed by atoms with van der Waals surface area (Å²) in [6.45, 7) is -0.231. The van der Waals surface area contributed by atoms with Crippen LogP contribution < -0.4 is 15.8 Å². The molecule has 0 aliphatic rings. The van der Waals surface area contributed by atoms with Gasteiger partial charge >= 0.3 is 6.18 Å². The van der Waals surface area contributed by atoms with Gasteiger partial charge in [0.25, 0.3) is 17.5 Å². The van der Waals surface area contributed by atoms with Gasteiger partial charge in [-0.1, -0.05) is 11.6 Å². The number of nitro benzene ring substituents is 1. The first kappa shape index (κ1) is 27.6. The number of hydrogen-bond donors (Lipinski definition) is 2. The number of fused-ring (bicyclic) bond motifs is 1. The maximum atomic E-state index is 13.6. The molecule has 0 atom stereocenters. The van der Waals surface area contributed by atoms with E-state index in [-0.39, 0.29) is 61.0 Å². The Morgan fingerprint density at radius 1 is 1.24 bits per heavy atom. The van der Waals surface area contributed by atoms with Crippen LogP contribution in [0.5, 0.6) is 5.75 Å². The molecule has 0 unspecified atom stereocenters. The number of primary amides is 1. The summed E-state index contributed by atoms with van der Waals surface area (Å²) in [4.78, 5) is 38.8. The number of carbonyl (C=O) groups excluding carboxylic acids is 2. The molecule has 5 rings (SSSR count). The monoisotopic (exact) mass is 606 g/mol. The number of amides is 2. The van der Waals surface area contributed by atoms with Gasteiger partial charge in [0.2, 0.25) is 0 Å². The predicted octanol–water partition coefficient (Wildman–Crippen LogP) is 5.72. The molecule has 41 heavy (non-hydrogen) atoms. The van der Waals surface area contributed by atoms with Crippen LogP contribution in [0.1, 0.15) is 25.9 Å². The SMILES string of the molecule is NC(=O)c1sc2nc(C(F)(F)F)cc(-c3ccco3)c2c1NC(=O)c1ccn(COc2ccc([N+](=O)[O-])cc2Cl)n1. The van der Waals surface area contributed by atoms with Gasteiger partial charge < -0.3 is 20.2 Å². The fraction of sp³-hybridized carbons (Fsp3) is 0.0833. The number of rotatable bonds is 8. The number of aromatic nitrogens is 3. The molecule has 0 bridgehead atoms. The number of non-ortho nitro benzene ring substituents is 1. The summed E-state index contributed by atoms with van der Waals surface area (Å²) in [5.74, 6) is -1.64. The Hall–Kier alpha value is -4.96. The Labute approximate surface area is 235 Å². The average Bonchev–Trinajstić information content (AvgIpc) is 3.67. The molecule has 210 valence electrons. The quantitative estimate of drug-likeness (QED) is 0.167. The van der Waals surface area contributed by atoms with E-state index in [9.17, 15) is 32.9 Å². The summed E-state index contributed by atoms with van der Waals surface area (Å²) in [5, 5.41) is 17.5. The van der Waals surface area contributed by atoms with Gasteiger partial charge in [0, 0.05) is 29.3 Å². The third-order valence-corrected chi connectivity index (χ3v) is 6.95. The maximum absolute atomic E-state index is 13.6. The highest BCUT2D eigenvalue weighted by atomic mass is 35.5. The van der Waals surface area contributed by atoms with Crippen molar-refractivity contribution in [3.05, 3.63) is 86.3 Å². The summed E-state index contributed by atoms with van der Waals surface area (Å²) < 4.78 is 52.8. The number of ether oxygens (including phenoxy) is 1. The number of halogens is 4. The minimum atomic E-state index is -4.80. The van der Waals surface area contributed by atoms with E-state index < -0.39 is 28.6 Å². The zero-order valence-corrected chi connectivity index (χ0v) is 21.7. The van der Waals surface area contributed by atoms with Crippen molar-refractivity contribution in [2.75, 3.05) is 5.32 Å². The lowest BCUT2D eigenvalue weighted by molar-refractivity contribution is -0.384. The van der Waals surface area contributed by atoms with Crippen LogP contribution in [0.3, 0.4) is 0 Å². The molecule has 4 aromatic heterocycles. The van der Waals surface area contributed by atoms with E-state index in [0.717, 1.165) is 12.1 Å². The van der Waals surface area contributed by atoms with Gasteiger partial charge in [-0.05, 0) is 30.3 Å². The third-order valence-electron chi connectivity index (χ3n) is 5.55. The lowest BCUT2D eigenvalue weighted by atomic mass is 10.1. The molecular formula is C24H14ClF3N6O6S. The molecule has 0 aliphatic carbocycles. The van der Waals surface area contributed by atoms with Gasteiger partial charge in [0.15, 0.2) is 12.4 Å². The largest absolute Gasteiger partial charge is 0.470 e. The summed E-state index contributed by atoms with van der Waals surface area (Å²) in [6.07, 6.45) is -2.16. The third kappa shape index (κ3) is 5.55. The Morgan fingerprint density at radius 3 is 2.66 bits per heavy atom. The molecule has 4 heterocycles. The Kier molecular flexibility index (Phi) is 7.10. The highest BCUT2D eigenvalue weighted by molar-refractivity contribution is 7.21. The first-order valence-corrected chi connectivity index (χ1v) is 12.4. The molecule has 12 nitrogen and oxygen atoms in total. The Balaban J connectivity index is 1.45. The number of hydrogen-bond acceptors (Lipinski definition) is 9. The number of anilines is 1. The van der Waals surface area contributed by atoms with E-state index in [1.54, 1.807) is 0 Å². The fourth-order valence-electron chi connectivity index (χ4n) is 3.75. The van der Waals surface area contributed by atoms with Gasteiger partial charge in [0.1, 0.15) is 26.9 Å². The first-order chi connectivity index (χ1) is 19.4. The van der Waals surface area contributed by atoms with Crippen molar-refractivity contribution in [2.45, 2.75) is 12.9 Å². The molecule has 1 aromatic carbocycles. The number of nitrogens with two attached hydrogens (primary N) is 1. The molecule has 0 spiro atoms. The number of furan rings is 1. The Bertz CT molecular complexity index is 1820.